The molecule has 0 spiro atoms. The quantitative estimate of drug-likeness (QED) is 0.172. The third-order valence-corrected chi connectivity index (χ3v) is 12.6. The van der Waals surface area contributed by atoms with Crippen molar-refractivity contribution < 1.29 is 0 Å². The Kier molecular flexibility index (Phi) is 7.24. The summed E-state index contributed by atoms with van der Waals surface area (Å²) >= 11 is 1.87. The van der Waals surface area contributed by atoms with Crippen LogP contribution in [-0.4, -0.2) is 0 Å². The summed E-state index contributed by atoms with van der Waals surface area (Å²) in [5, 5.41) is 7.76. The van der Waals surface area contributed by atoms with E-state index in [2.05, 4.69) is 205 Å². The second kappa shape index (κ2) is 12.6. The van der Waals surface area contributed by atoms with Crippen molar-refractivity contribution >= 4 is 81.8 Å². The van der Waals surface area contributed by atoms with Crippen LogP contribution in [-0.2, 0) is 0 Å². The van der Waals surface area contributed by atoms with Gasteiger partial charge in [-0.1, -0.05) is 158 Å². The van der Waals surface area contributed by atoms with Gasteiger partial charge < -0.3 is 4.90 Å². The number of fused-ring (bicyclic) bond motifs is 9. The van der Waals surface area contributed by atoms with Gasteiger partial charge in [-0.3, -0.25) is 0 Å². The normalized spacial score (nSPS) is 16.1. The minimum atomic E-state index is 0.273. The van der Waals surface area contributed by atoms with E-state index in [4.69, 9.17) is 0 Å². The predicted octanol–water partition coefficient (Wildman–Crippen LogP) is 14.9. The predicted molar refractivity (Wildman–Crippen MR) is 233 cm³/mol. The van der Waals surface area contributed by atoms with Crippen LogP contribution >= 0.6 is 11.3 Å². The number of para-hydroxylation sites is 1. The summed E-state index contributed by atoms with van der Waals surface area (Å²) < 4.78 is 2.64. The van der Waals surface area contributed by atoms with E-state index in [1.54, 1.807) is 0 Å². The standard InChI is InChI=1S/C52H35NS/c1-2-13-34(14-3-1)40-17-8-10-22-48(40)53(49-23-12-16-37-32-51-47(33-46(37)49)43-20-9-11-24-50(43)54-51)39-29-27-36(28-30-39)45-31-38-26-25-35-15-4-5-18-41(35)52(38)44-21-7-6-19-42(44)45/h1-33,42,44H. The molecule has 2 atom stereocenters. The van der Waals surface area contributed by atoms with Gasteiger partial charge in [-0.2, -0.15) is 0 Å². The lowest BCUT2D eigenvalue weighted by molar-refractivity contribution is 0.714. The fourth-order valence-electron chi connectivity index (χ4n) is 8.95. The lowest BCUT2D eigenvalue weighted by Crippen LogP contribution is -2.18. The van der Waals surface area contributed by atoms with Crippen molar-refractivity contribution in [1.82, 2.24) is 0 Å². The molecule has 0 radical (unpaired) electrons. The number of thiophene rings is 1. The molecule has 0 bridgehead atoms. The minimum absolute atomic E-state index is 0.273. The number of hydrogen-bond donors (Lipinski definition) is 0. The smallest absolute Gasteiger partial charge is 0.0540 e. The van der Waals surface area contributed by atoms with Gasteiger partial charge in [0.2, 0.25) is 0 Å². The molecule has 8 aromatic carbocycles. The van der Waals surface area contributed by atoms with Crippen molar-refractivity contribution in [2.75, 3.05) is 4.90 Å². The number of allylic oxidation sites excluding steroid dienone is 5. The number of nitrogens with zero attached hydrogens (tertiary/aromatic N) is 1. The molecular formula is C52H35NS. The molecule has 54 heavy (non-hydrogen) atoms. The molecule has 0 fully saturated rings. The fourth-order valence-corrected chi connectivity index (χ4v) is 10.1. The summed E-state index contributed by atoms with van der Waals surface area (Å²) in [6.07, 6.45) is 11.7. The van der Waals surface area contributed by atoms with E-state index in [0.717, 1.165) is 11.4 Å². The molecule has 0 N–H and O–H groups in total. The van der Waals surface area contributed by atoms with Crippen LogP contribution in [0.25, 0.3) is 64.5 Å². The molecule has 9 aromatic rings. The Balaban J connectivity index is 1.10. The first-order chi connectivity index (χ1) is 26.8. The molecule has 0 amide bonds. The average Bonchev–Trinajstić information content (AvgIpc) is 3.61. The second-order valence-electron chi connectivity index (χ2n) is 14.4. The summed E-state index contributed by atoms with van der Waals surface area (Å²) in [5.74, 6) is 0.570. The van der Waals surface area contributed by atoms with Crippen molar-refractivity contribution in [2.24, 2.45) is 5.92 Å². The maximum Gasteiger partial charge on any atom is 0.0540 e. The zero-order valence-electron chi connectivity index (χ0n) is 29.6. The average molecular weight is 706 g/mol. The first kappa shape index (κ1) is 31.1. The number of anilines is 3. The van der Waals surface area contributed by atoms with Crippen LogP contribution in [0, 0.1) is 5.92 Å². The van der Waals surface area contributed by atoms with E-state index in [0.29, 0.717) is 5.92 Å². The fraction of sp³-hybridized carbons (Fsp3) is 0.0385. The van der Waals surface area contributed by atoms with Gasteiger partial charge in [0.15, 0.2) is 0 Å². The van der Waals surface area contributed by atoms with E-state index in [1.165, 1.54) is 80.8 Å². The maximum absolute atomic E-state index is 2.47. The summed E-state index contributed by atoms with van der Waals surface area (Å²) in [5.41, 5.74) is 11.2. The Labute approximate surface area is 319 Å². The Morgan fingerprint density at radius 3 is 2.06 bits per heavy atom. The number of hydrogen-bond acceptors (Lipinski definition) is 2. The van der Waals surface area contributed by atoms with E-state index in [1.807, 2.05) is 11.3 Å². The molecule has 0 saturated carbocycles. The molecule has 2 aliphatic carbocycles. The van der Waals surface area contributed by atoms with Crippen LogP contribution in [0.1, 0.15) is 22.6 Å². The highest BCUT2D eigenvalue weighted by atomic mass is 32.1. The molecular weight excluding hydrogens is 671 g/mol. The number of rotatable bonds is 5. The monoisotopic (exact) mass is 705 g/mol. The van der Waals surface area contributed by atoms with E-state index in [-0.39, 0.29) is 5.92 Å². The molecule has 1 aromatic heterocycles. The van der Waals surface area contributed by atoms with E-state index < -0.39 is 0 Å². The van der Waals surface area contributed by atoms with Gasteiger partial charge in [0.25, 0.3) is 0 Å². The van der Waals surface area contributed by atoms with Crippen LogP contribution < -0.4 is 4.90 Å². The molecule has 0 saturated heterocycles. The lowest BCUT2D eigenvalue weighted by Gasteiger charge is -2.34. The summed E-state index contributed by atoms with van der Waals surface area (Å²) in [7, 11) is 0. The zero-order valence-corrected chi connectivity index (χ0v) is 30.4. The SMILES string of the molecule is C1=CC2C(c3ccc(N(c4ccccc4-c4ccccc4)c4cccc5cc6sc7ccccc7c6cc45)cc3)=Cc3ccc4ccccc4c3C2C=C1. The molecule has 1 heterocycles. The third-order valence-electron chi connectivity index (χ3n) is 11.4. The van der Waals surface area contributed by atoms with Crippen molar-refractivity contribution in [3.05, 3.63) is 211 Å². The van der Waals surface area contributed by atoms with E-state index >= 15 is 0 Å². The first-order valence-corrected chi connectivity index (χ1v) is 19.6. The summed E-state index contributed by atoms with van der Waals surface area (Å²) in [6, 6.07) is 62.6. The second-order valence-corrected chi connectivity index (χ2v) is 15.5. The Morgan fingerprint density at radius 1 is 0.444 bits per heavy atom. The molecule has 2 heteroatoms. The minimum Gasteiger partial charge on any atom is -0.309 e. The Morgan fingerprint density at radius 2 is 1.17 bits per heavy atom. The Hall–Kier alpha value is -6.48. The van der Waals surface area contributed by atoms with Gasteiger partial charge in [-0.25, -0.2) is 0 Å². The zero-order chi connectivity index (χ0) is 35.6. The first-order valence-electron chi connectivity index (χ1n) is 18.8. The highest BCUT2D eigenvalue weighted by Gasteiger charge is 2.32. The van der Waals surface area contributed by atoms with Crippen LogP contribution in [0.4, 0.5) is 17.1 Å². The van der Waals surface area contributed by atoms with Crippen molar-refractivity contribution in [2.45, 2.75) is 5.92 Å². The third kappa shape index (κ3) is 4.99. The van der Waals surface area contributed by atoms with Gasteiger partial charge >= 0.3 is 0 Å². The van der Waals surface area contributed by atoms with Crippen molar-refractivity contribution in [1.29, 1.82) is 0 Å². The van der Waals surface area contributed by atoms with Crippen LogP contribution in [0.3, 0.4) is 0 Å². The van der Waals surface area contributed by atoms with Crippen molar-refractivity contribution in [3.63, 3.8) is 0 Å². The molecule has 11 rings (SSSR count). The summed E-state index contributed by atoms with van der Waals surface area (Å²) in [6.45, 7) is 0. The van der Waals surface area contributed by atoms with E-state index in [9.17, 15) is 0 Å². The molecule has 0 aliphatic heterocycles. The highest BCUT2D eigenvalue weighted by molar-refractivity contribution is 7.25. The Bertz CT molecular complexity index is 3000. The van der Waals surface area contributed by atoms with Crippen LogP contribution in [0.2, 0.25) is 0 Å². The summed E-state index contributed by atoms with van der Waals surface area (Å²) in [4.78, 5) is 2.47. The van der Waals surface area contributed by atoms with Gasteiger partial charge in [-0.15, -0.1) is 11.3 Å². The number of benzene rings is 8. The molecule has 2 unspecified atom stereocenters. The molecule has 254 valence electrons. The van der Waals surface area contributed by atoms with Crippen molar-refractivity contribution in [3.8, 4) is 11.1 Å². The molecule has 2 aliphatic rings. The topological polar surface area (TPSA) is 3.24 Å². The van der Waals surface area contributed by atoms with Gasteiger partial charge in [0.05, 0.1) is 11.4 Å². The maximum atomic E-state index is 2.47. The van der Waals surface area contributed by atoms with Gasteiger partial charge in [-0.05, 0) is 86.5 Å². The largest absolute Gasteiger partial charge is 0.309 e. The lowest BCUT2D eigenvalue weighted by atomic mass is 9.70. The van der Waals surface area contributed by atoms with Crippen LogP contribution in [0.5, 0.6) is 0 Å². The van der Waals surface area contributed by atoms with Gasteiger partial charge in [0.1, 0.15) is 0 Å². The van der Waals surface area contributed by atoms with Crippen LogP contribution in [0.15, 0.2) is 194 Å². The van der Waals surface area contributed by atoms with Gasteiger partial charge in [0, 0.05) is 48.6 Å². The molecule has 1 nitrogen and oxygen atoms in total. The highest BCUT2D eigenvalue weighted by Crippen LogP contribution is 2.50.